The van der Waals surface area contributed by atoms with Gasteiger partial charge in [-0.3, -0.25) is 14.5 Å². The number of anilines is 2. The smallest absolute Gasteiger partial charge is 0.414 e. The summed E-state index contributed by atoms with van der Waals surface area (Å²) in [5.41, 5.74) is 0.602. The van der Waals surface area contributed by atoms with Crippen LogP contribution in [-0.2, 0) is 9.53 Å². The van der Waals surface area contributed by atoms with E-state index in [2.05, 4.69) is 15.6 Å². The Morgan fingerprint density at radius 2 is 2.20 bits per heavy atom. The second-order valence-electron chi connectivity index (χ2n) is 6.53. The summed E-state index contributed by atoms with van der Waals surface area (Å²) in [6.45, 7) is 0.936. The Morgan fingerprint density at radius 1 is 1.33 bits per heavy atom. The van der Waals surface area contributed by atoms with Crippen molar-refractivity contribution in [3.05, 3.63) is 42.0 Å². The van der Waals surface area contributed by atoms with Gasteiger partial charge in [0.2, 0.25) is 12.2 Å². The number of carbonyl (C=O) groups is 3. The van der Waals surface area contributed by atoms with E-state index in [-0.39, 0.29) is 24.5 Å². The Hall–Kier alpha value is -3.96. The third-order valence-electron chi connectivity index (χ3n) is 4.61. The summed E-state index contributed by atoms with van der Waals surface area (Å²) in [5, 5.41) is 11.1. The summed E-state index contributed by atoms with van der Waals surface area (Å²) in [5.74, 6) is -0.978. The fourth-order valence-electron chi connectivity index (χ4n) is 3.08. The number of aromatic nitrogens is 1. The molecule has 0 radical (unpaired) electrons. The standard InChI is InChI=1S/C18H17FN6O5/c19-14-7-12(1-2-15(14)23-5-6-24(11-26)21-10-23)25-9-13(29-18(25)28)8-20-17(27)16-3-4-22-30-16/h1-4,7,10-11,13H,5-6,8-9H2,(H,20,27). The van der Waals surface area contributed by atoms with Crippen molar-refractivity contribution < 1.29 is 28.0 Å². The maximum Gasteiger partial charge on any atom is 0.414 e. The summed E-state index contributed by atoms with van der Waals surface area (Å²) < 4.78 is 24.7. The summed E-state index contributed by atoms with van der Waals surface area (Å²) in [6.07, 6.45) is 2.07. The Morgan fingerprint density at radius 3 is 2.87 bits per heavy atom. The molecule has 11 nitrogen and oxygen atoms in total. The molecular weight excluding hydrogens is 399 g/mol. The molecule has 4 rings (SSSR count). The molecule has 3 heterocycles. The van der Waals surface area contributed by atoms with E-state index in [1.807, 2.05) is 0 Å². The predicted molar refractivity (Wildman–Crippen MR) is 101 cm³/mol. The van der Waals surface area contributed by atoms with Crippen LogP contribution in [0.25, 0.3) is 0 Å². The maximum atomic E-state index is 14.7. The molecule has 1 fully saturated rings. The first-order valence-electron chi connectivity index (χ1n) is 9.04. The molecule has 30 heavy (non-hydrogen) atoms. The lowest BCUT2D eigenvalue weighted by Gasteiger charge is -2.27. The molecule has 1 N–H and O–H groups in total. The first kappa shape index (κ1) is 19.4. The van der Waals surface area contributed by atoms with Crippen LogP contribution in [0.2, 0.25) is 0 Å². The van der Waals surface area contributed by atoms with Crippen molar-refractivity contribution in [2.45, 2.75) is 6.10 Å². The number of amides is 3. The van der Waals surface area contributed by atoms with Crippen molar-refractivity contribution in [3.8, 4) is 0 Å². The molecule has 1 atom stereocenters. The van der Waals surface area contributed by atoms with Crippen LogP contribution in [0.5, 0.6) is 0 Å². The third kappa shape index (κ3) is 3.92. The van der Waals surface area contributed by atoms with Gasteiger partial charge in [-0.15, -0.1) is 0 Å². The van der Waals surface area contributed by atoms with E-state index >= 15 is 0 Å². The normalized spacial score (nSPS) is 18.5. The van der Waals surface area contributed by atoms with Crippen molar-refractivity contribution in [3.63, 3.8) is 0 Å². The average molecular weight is 416 g/mol. The first-order valence-corrected chi connectivity index (χ1v) is 9.04. The minimum atomic E-state index is -0.637. The van der Waals surface area contributed by atoms with Gasteiger partial charge in [0.05, 0.1) is 37.2 Å². The monoisotopic (exact) mass is 416 g/mol. The Kier molecular flexibility index (Phi) is 5.28. The fourth-order valence-corrected chi connectivity index (χ4v) is 3.08. The van der Waals surface area contributed by atoms with E-state index in [0.717, 1.165) is 0 Å². The Bertz CT molecular complexity index is 981. The van der Waals surface area contributed by atoms with Crippen molar-refractivity contribution in [2.75, 3.05) is 36.0 Å². The molecule has 156 valence electrons. The van der Waals surface area contributed by atoms with Gasteiger partial charge in [-0.2, -0.15) is 5.10 Å². The molecule has 0 saturated carbocycles. The molecular formula is C18H17FN6O5. The van der Waals surface area contributed by atoms with Gasteiger partial charge in [0.15, 0.2) is 0 Å². The number of nitrogens with one attached hydrogen (secondary N) is 1. The molecule has 0 spiro atoms. The van der Waals surface area contributed by atoms with Gasteiger partial charge < -0.3 is 19.5 Å². The predicted octanol–water partition coefficient (Wildman–Crippen LogP) is 0.791. The molecule has 1 unspecified atom stereocenters. The molecule has 1 aromatic carbocycles. The number of nitrogens with zero attached hydrogens (tertiary/aromatic N) is 5. The number of hydrazone groups is 1. The van der Waals surface area contributed by atoms with Gasteiger partial charge in [-0.1, -0.05) is 5.16 Å². The summed E-state index contributed by atoms with van der Waals surface area (Å²) in [6, 6.07) is 5.76. The SMILES string of the molecule is O=CN1CCN(c2ccc(N3CC(CNC(=O)c4ccno4)OC3=O)cc2F)C=N1. The lowest BCUT2D eigenvalue weighted by atomic mass is 10.2. The number of benzene rings is 1. The molecule has 1 aromatic heterocycles. The minimum Gasteiger partial charge on any atom is -0.442 e. The van der Waals surface area contributed by atoms with Crippen LogP contribution < -0.4 is 15.1 Å². The van der Waals surface area contributed by atoms with Crippen LogP contribution >= 0.6 is 0 Å². The molecule has 2 aliphatic heterocycles. The summed E-state index contributed by atoms with van der Waals surface area (Å²) in [4.78, 5) is 37.6. The zero-order valence-corrected chi connectivity index (χ0v) is 15.6. The highest BCUT2D eigenvalue weighted by molar-refractivity contribution is 5.92. The highest BCUT2D eigenvalue weighted by Crippen LogP contribution is 2.28. The molecule has 3 amide bonds. The molecule has 0 bridgehead atoms. The Balaban J connectivity index is 1.39. The molecule has 12 heteroatoms. The number of ether oxygens (including phenoxy) is 1. The van der Waals surface area contributed by atoms with Crippen LogP contribution in [0.4, 0.5) is 20.6 Å². The number of rotatable bonds is 6. The minimum absolute atomic E-state index is 0.0476. The van der Waals surface area contributed by atoms with Gasteiger partial charge in [0, 0.05) is 12.6 Å². The highest BCUT2D eigenvalue weighted by Gasteiger charge is 2.33. The van der Waals surface area contributed by atoms with Gasteiger partial charge in [-0.25, -0.2) is 14.2 Å². The van der Waals surface area contributed by atoms with Gasteiger partial charge in [0.25, 0.3) is 5.91 Å². The molecule has 2 aromatic rings. The number of carbonyl (C=O) groups excluding carboxylic acids is 3. The lowest BCUT2D eigenvalue weighted by molar-refractivity contribution is -0.118. The number of cyclic esters (lactones) is 1. The van der Waals surface area contributed by atoms with Crippen molar-refractivity contribution in [1.82, 2.24) is 15.5 Å². The molecule has 0 aliphatic carbocycles. The summed E-state index contributed by atoms with van der Waals surface area (Å²) >= 11 is 0. The van der Waals surface area contributed by atoms with Gasteiger partial charge in [-0.05, 0) is 18.2 Å². The third-order valence-corrected chi connectivity index (χ3v) is 4.61. The second kappa shape index (κ2) is 8.19. The summed E-state index contributed by atoms with van der Waals surface area (Å²) in [7, 11) is 0. The number of hydrogen-bond donors (Lipinski definition) is 1. The van der Waals surface area contributed by atoms with Crippen LogP contribution in [0, 0.1) is 5.82 Å². The van der Waals surface area contributed by atoms with Gasteiger partial charge in [0.1, 0.15) is 18.3 Å². The van der Waals surface area contributed by atoms with E-state index in [4.69, 9.17) is 9.26 Å². The van der Waals surface area contributed by atoms with Gasteiger partial charge >= 0.3 is 6.09 Å². The van der Waals surface area contributed by atoms with E-state index in [1.54, 1.807) is 11.0 Å². The second-order valence-corrected chi connectivity index (χ2v) is 6.53. The van der Waals surface area contributed by atoms with E-state index < -0.39 is 23.9 Å². The lowest BCUT2D eigenvalue weighted by Crippen LogP contribution is -2.37. The van der Waals surface area contributed by atoms with Crippen molar-refractivity contribution in [1.29, 1.82) is 0 Å². The van der Waals surface area contributed by atoms with Crippen molar-refractivity contribution >= 4 is 36.1 Å². The van der Waals surface area contributed by atoms with E-state index in [9.17, 15) is 18.8 Å². The van der Waals surface area contributed by atoms with E-state index in [0.29, 0.717) is 25.2 Å². The fraction of sp³-hybridized carbons (Fsp3) is 0.278. The highest BCUT2D eigenvalue weighted by atomic mass is 19.1. The van der Waals surface area contributed by atoms with Crippen molar-refractivity contribution in [2.24, 2.45) is 5.10 Å². The van der Waals surface area contributed by atoms with Crippen LogP contribution in [0.1, 0.15) is 10.6 Å². The quantitative estimate of drug-likeness (QED) is 0.691. The van der Waals surface area contributed by atoms with Crippen LogP contribution in [0.3, 0.4) is 0 Å². The zero-order valence-electron chi connectivity index (χ0n) is 15.6. The first-order chi connectivity index (χ1) is 14.5. The topological polar surface area (TPSA) is 121 Å². The molecule has 1 saturated heterocycles. The Labute approximate surface area is 169 Å². The van der Waals surface area contributed by atoms with Crippen LogP contribution in [0.15, 0.2) is 40.1 Å². The van der Waals surface area contributed by atoms with Crippen LogP contribution in [-0.4, -0.2) is 67.2 Å². The maximum absolute atomic E-state index is 14.7. The average Bonchev–Trinajstić information content (AvgIpc) is 3.42. The zero-order chi connectivity index (χ0) is 21.1. The number of hydrogen-bond acceptors (Lipinski definition) is 8. The number of halogens is 1. The largest absolute Gasteiger partial charge is 0.442 e. The van der Waals surface area contributed by atoms with E-state index in [1.165, 1.54) is 40.6 Å². The molecule has 2 aliphatic rings.